The highest BCUT2D eigenvalue weighted by molar-refractivity contribution is 7.91. The number of rotatable bonds is 1. The highest BCUT2D eigenvalue weighted by Gasteiger charge is 2.41. The van der Waals surface area contributed by atoms with Crippen LogP contribution in [0.3, 0.4) is 0 Å². The molecule has 7 nitrogen and oxygen atoms in total. The number of hydrogen-bond donors (Lipinski definition) is 0. The van der Waals surface area contributed by atoms with E-state index in [9.17, 15) is 13.2 Å². The Morgan fingerprint density at radius 3 is 2.55 bits per heavy atom. The summed E-state index contributed by atoms with van der Waals surface area (Å²) in [6.07, 6.45) is 1.41. The Balaban J connectivity index is 2.34. The molecule has 1 aliphatic heterocycles. The number of carbonyl (C=O) groups is 1. The zero-order valence-electron chi connectivity index (χ0n) is 12.2. The van der Waals surface area contributed by atoms with E-state index in [0.717, 1.165) is 0 Å². The van der Waals surface area contributed by atoms with Gasteiger partial charge in [0.05, 0.1) is 23.7 Å². The van der Waals surface area contributed by atoms with Crippen molar-refractivity contribution < 1.29 is 13.2 Å². The lowest BCUT2D eigenvalue weighted by molar-refractivity contribution is 0.0551. The van der Waals surface area contributed by atoms with Crippen LogP contribution in [0.5, 0.6) is 0 Å². The molecule has 0 aromatic carbocycles. The first-order valence-electron chi connectivity index (χ1n) is 6.48. The van der Waals surface area contributed by atoms with Crippen molar-refractivity contribution in [1.29, 1.82) is 0 Å². The summed E-state index contributed by atoms with van der Waals surface area (Å²) >= 11 is 0. The summed E-state index contributed by atoms with van der Waals surface area (Å²) in [6.45, 7) is 6.05. The molecule has 1 amide bonds. The van der Waals surface area contributed by atoms with Gasteiger partial charge < -0.3 is 4.90 Å². The number of amides is 1. The van der Waals surface area contributed by atoms with Crippen molar-refractivity contribution in [2.45, 2.75) is 26.8 Å². The lowest BCUT2D eigenvalue weighted by Crippen LogP contribution is -2.56. The van der Waals surface area contributed by atoms with Crippen LogP contribution in [-0.2, 0) is 16.9 Å². The van der Waals surface area contributed by atoms with Crippen molar-refractivity contribution in [2.24, 2.45) is 12.5 Å². The van der Waals surface area contributed by atoms with Crippen LogP contribution in [0.25, 0.3) is 0 Å². The van der Waals surface area contributed by atoms with Crippen LogP contribution in [0.2, 0.25) is 0 Å². The van der Waals surface area contributed by atoms with Gasteiger partial charge in [-0.3, -0.25) is 4.79 Å². The fraction of sp³-hybridized carbons (Fsp3) is 0.750. The smallest absolute Gasteiger partial charge is 0.274 e. The van der Waals surface area contributed by atoms with Crippen LogP contribution >= 0.6 is 0 Å². The molecule has 0 aliphatic carbocycles. The lowest BCUT2D eigenvalue weighted by atomic mass is 9.86. The largest absolute Gasteiger partial charge is 0.332 e. The molecule has 0 spiro atoms. The van der Waals surface area contributed by atoms with Gasteiger partial charge in [-0.15, -0.1) is 5.10 Å². The van der Waals surface area contributed by atoms with Gasteiger partial charge in [-0.05, 0) is 5.41 Å². The summed E-state index contributed by atoms with van der Waals surface area (Å²) in [5.74, 6) is -0.197. The van der Waals surface area contributed by atoms with Crippen LogP contribution in [-0.4, -0.2) is 58.3 Å². The second-order valence-electron chi connectivity index (χ2n) is 6.24. The highest BCUT2D eigenvalue weighted by Crippen LogP contribution is 2.29. The maximum Gasteiger partial charge on any atom is 0.274 e. The molecule has 0 radical (unpaired) electrons. The van der Waals surface area contributed by atoms with E-state index >= 15 is 0 Å². The van der Waals surface area contributed by atoms with E-state index in [0.29, 0.717) is 5.69 Å². The van der Waals surface area contributed by atoms with Crippen LogP contribution in [0, 0.1) is 5.41 Å². The lowest BCUT2D eigenvalue weighted by Gasteiger charge is -2.42. The average Bonchev–Trinajstić information content (AvgIpc) is 2.72. The number of hydrogen-bond acceptors (Lipinski definition) is 5. The van der Waals surface area contributed by atoms with Crippen molar-refractivity contribution >= 4 is 15.7 Å². The Morgan fingerprint density at radius 1 is 1.40 bits per heavy atom. The zero-order chi connectivity index (χ0) is 15.1. The molecule has 1 aromatic heterocycles. The Morgan fingerprint density at radius 2 is 2.05 bits per heavy atom. The van der Waals surface area contributed by atoms with Gasteiger partial charge in [0.2, 0.25) is 0 Å². The molecule has 0 unspecified atom stereocenters. The summed E-state index contributed by atoms with van der Waals surface area (Å²) in [5, 5.41) is 7.45. The summed E-state index contributed by atoms with van der Waals surface area (Å²) in [4.78, 5) is 14.2. The molecule has 0 bridgehead atoms. The van der Waals surface area contributed by atoms with E-state index < -0.39 is 9.84 Å². The van der Waals surface area contributed by atoms with Gasteiger partial charge in [0, 0.05) is 13.6 Å². The average molecular weight is 300 g/mol. The standard InChI is InChI=1S/C12H20N4O3S/c1-12(2,3)10-8-20(18,19)6-5-16(10)11(17)9-7-13-14-15(9)4/h7,10H,5-6,8H2,1-4H3/t10-/m0/s1. The maximum absolute atomic E-state index is 12.6. The van der Waals surface area contributed by atoms with Gasteiger partial charge in [-0.25, -0.2) is 13.1 Å². The van der Waals surface area contributed by atoms with Crippen molar-refractivity contribution in [3.8, 4) is 0 Å². The SMILES string of the molecule is Cn1nncc1C(=O)N1CCS(=O)(=O)C[C@H]1C(C)(C)C. The van der Waals surface area contributed by atoms with Gasteiger partial charge in [-0.2, -0.15) is 0 Å². The highest BCUT2D eigenvalue weighted by atomic mass is 32.2. The minimum absolute atomic E-state index is 0.00746. The third-order valence-electron chi connectivity index (χ3n) is 3.63. The number of aryl methyl sites for hydroxylation is 1. The molecule has 1 saturated heterocycles. The predicted octanol–water partition coefficient (Wildman–Crippen LogP) is 0.100. The number of aromatic nitrogens is 3. The second-order valence-corrected chi connectivity index (χ2v) is 8.47. The van der Waals surface area contributed by atoms with Gasteiger partial charge in [-0.1, -0.05) is 26.0 Å². The molecule has 0 N–H and O–H groups in total. The van der Waals surface area contributed by atoms with Crippen molar-refractivity contribution in [2.75, 3.05) is 18.1 Å². The summed E-state index contributed by atoms with van der Waals surface area (Å²) in [7, 11) is -1.45. The Labute approximate surface area is 118 Å². The van der Waals surface area contributed by atoms with E-state index in [4.69, 9.17) is 0 Å². The van der Waals surface area contributed by atoms with Crippen LogP contribution in [0.15, 0.2) is 6.20 Å². The van der Waals surface area contributed by atoms with Gasteiger partial charge >= 0.3 is 0 Å². The normalized spacial score (nSPS) is 22.8. The minimum Gasteiger partial charge on any atom is -0.332 e. The molecule has 20 heavy (non-hydrogen) atoms. The van der Waals surface area contributed by atoms with Crippen LogP contribution in [0.1, 0.15) is 31.3 Å². The van der Waals surface area contributed by atoms with Crippen LogP contribution < -0.4 is 0 Å². The Bertz CT molecular complexity index is 615. The van der Waals surface area contributed by atoms with Crippen molar-refractivity contribution in [3.05, 3.63) is 11.9 Å². The maximum atomic E-state index is 12.6. The first-order valence-corrected chi connectivity index (χ1v) is 8.30. The van der Waals surface area contributed by atoms with Gasteiger partial charge in [0.15, 0.2) is 9.84 Å². The van der Waals surface area contributed by atoms with E-state index in [1.807, 2.05) is 20.8 Å². The fourth-order valence-corrected chi connectivity index (χ4v) is 4.20. The molecule has 1 atom stereocenters. The van der Waals surface area contributed by atoms with E-state index in [1.54, 1.807) is 11.9 Å². The third-order valence-corrected chi connectivity index (χ3v) is 5.25. The Kier molecular flexibility index (Phi) is 3.62. The molecule has 112 valence electrons. The second kappa shape index (κ2) is 4.83. The molecule has 2 heterocycles. The third kappa shape index (κ3) is 2.84. The quantitative estimate of drug-likeness (QED) is 0.734. The summed E-state index contributed by atoms with van der Waals surface area (Å²) < 4.78 is 25.1. The molecule has 1 aliphatic rings. The molecule has 8 heteroatoms. The number of sulfone groups is 1. The van der Waals surface area contributed by atoms with Crippen molar-refractivity contribution in [3.63, 3.8) is 0 Å². The first-order chi connectivity index (χ1) is 9.12. The van der Waals surface area contributed by atoms with Gasteiger partial charge in [0.25, 0.3) is 5.91 Å². The topological polar surface area (TPSA) is 85.2 Å². The minimum atomic E-state index is -3.09. The molecule has 0 saturated carbocycles. The van der Waals surface area contributed by atoms with E-state index in [1.165, 1.54) is 10.9 Å². The molecule has 1 aromatic rings. The van der Waals surface area contributed by atoms with Crippen LogP contribution in [0.4, 0.5) is 0 Å². The van der Waals surface area contributed by atoms with E-state index in [2.05, 4.69) is 10.3 Å². The molecular weight excluding hydrogens is 280 g/mol. The number of nitrogens with zero attached hydrogens (tertiary/aromatic N) is 4. The molecule has 2 rings (SSSR count). The molecule has 1 fully saturated rings. The van der Waals surface area contributed by atoms with Crippen molar-refractivity contribution in [1.82, 2.24) is 19.9 Å². The predicted molar refractivity (Wildman–Crippen MR) is 73.9 cm³/mol. The molecular formula is C12H20N4O3S. The van der Waals surface area contributed by atoms with E-state index in [-0.39, 0.29) is 35.4 Å². The monoisotopic (exact) mass is 300 g/mol. The first kappa shape index (κ1) is 15.0. The fourth-order valence-electron chi connectivity index (χ4n) is 2.40. The number of carbonyl (C=O) groups excluding carboxylic acids is 1. The van der Waals surface area contributed by atoms with Gasteiger partial charge in [0.1, 0.15) is 5.69 Å². The zero-order valence-corrected chi connectivity index (χ0v) is 13.0. The summed E-state index contributed by atoms with van der Waals surface area (Å²) in [5.41, 5.74) is 0.0633. The Hall–Kier alpha value is -1.44. The summed E-state index contributed by atoms with van der Waals surface area (Å²) in [6, 6.07) is -0.344.